The van der Waals surface area contributed by atoms with Crippen molar-refractivity contribution < 1.29 is 14.3 Å². The highest BCUT2D eigenvalue weighted by Crippen LogP contribution is 2.41. The predicted octanol–water partition coefficient (Wildman–Crippen LogP) is 2.28. The first-order valence-corrected chi connectivity index (χ1v) is 5.94. The van der Waals surface area contributed by atoms with Crippen molar-refractivity contribution in [1.82, 2.24) is 5.32 Å². The summed E-state index contributed by atoms with van der Waals surface area (Å²) in [4.78, 5) is 11.0. The lowest BCUT2D eigenvalue weighted by atomic mass is 9.84. The minimum atomic E-state index is -0.730. The van der Waals surface area contributed by atoms with Crippen LogP contribution in [-0.4, -0.2) is 17.1 Å². The average Bonchev–Trinajstić information content (AvgIpc) is 2.66. The lowest BCUT2D eigenvalue weighted by molar-refractivity contribution is -0.142. The Labute approximate surface area is 98.7 Å². The molecule has 0 spiro atoms. The van der Waals surface area contributed by atoms with Crippen molar-refractivity contribution in [3.63, 3.8) is 0 Å². The topological polar surface area (TPSA) is 49.3 Å². The van der Waals surface area contributed by atoms with Gasteiger partial charge in [0.2, 0.25) is 0 Å². The first-order chi connectivity index (χ1) is 8.15. The normalized spacial score (nSPS) is 31.1. The number of carboxylic acids is 1. The van der Waals surface area contributed by atoms with E-state index in [0.29, 0.717) is 19.3 Å². The van der Waals surface area contributed by atoms with Crippen LogP contribution in [0, 0.1) is 5.92 Å². The summed E-state index contributed by atoms with van der Waals surface area (Å²) in [7, 11) is 0. The van der Waals surface area contributed by atoms with Crippen LogP contribution in [-0.2, 0) is 4.79 Å². The van der Waals surface area contributed by atoms with Crippen LogP contribution >= 0.6 is 0 Å². The molecule has 2 N–H and O–H groups in total. The van der Waals surface area contributed by atoms with Gasteiger partial charge in [-0.3, -0.25) is 4.79 Å². The fourth-order valence-electron chi connectivity index (χ4n) is 2.93. The number of carbonyl (C=O) groups is 1. The van der Waals surface area contributed by atoms with Crippen LogP contribution in [0.3, 0.4) is 0 Å². The Kier molecular flexibility index (Phi) is 2.31. The zero-order chi connectivity index (χ0) is 12.0. The summed E-state index contributed by atoms with van der Waals surface area (Å²) in [6, 6.07) is 0.159. The van der Waals surface area contributed by atoms with Crippen LogP contribution in [0.2, 0.25) is 0 Å². The molecule has 0 fully saturated rings. The summed E-state index contributed by atoms with van der Waals surface area (Å²) in [5.74, 6) is -1.20. The van der Waals surface area contributed by atoms with Gasteiger partial charge in [-0.2, -0.15) is 0 Å². The highest BCUT2D eigenvalue weighted by Gasteiger charge is 2.35. The second-order valence-electron chi connectivity index (χ2n) is 4.86. The molecule has 0 aromatic rings. The molecule has 1 aliphatic heterocycles. The SMILES string of the molecule is O=C(O)[C@@H]1CCC2=C(C1)N[C@H]1CC=C(F)C=C21. The first kappa shape index (κ1) is 10.6. The number of fused-ring (bicyclic) bond motifs is 2. The van der Waals surface area contributed by atoms with Gasteiger partial charge in [-0.05, 0) is 42.6 Å². The van der Waals surface area contributed by atoms with Gasteiger partial charge >= 0.3 is 5.97 Å². The largest absolute Gasteiger partial charge is 0.481 e. The molecule has 0 aromatic heterocycles. The number of nitrogens with one attached hydrogen (secondary N) is 1. The zero-order valence-electron chi connectivity index (χ0n) is 9.37. The van der Waals surface area contributed by atoms with Gasteiger partial charge in [0.25, 0.3) is 0 Å². The highest BCUT2D eigenvalue weighted by atomic mass is 19.1. The fourth-order valence-corrected chi connectivity index (χ4v) is 2.93. The lowest BCUT2D eigenvalue weighted by Crippen LogP contribution is -2.26. The Hall–Kier alpha value is -1.58. The monoisotopic (exact) mass is 235 g/mol. The van der Waals surface area contributed by atoms with Crippen molar-refractivity contribution >= 4 is 5.97 Å². The Bertz CT molecular complexity index is 476. The van der Waals surface area contributed by atoms with E-state index in [-0.39, 0.29) is 17.8 Å². The van der Waals surface area contributed by atoms with Crippen LogP contribution in [0.4, 0.5) is 4.39 Å². The van der Waals surface area contributed by atoms with Gasteiger partial charge in [0, 0.05) is 12.1 Å². The zero-order valence-corrected chi connectivity index (χ0v) is 9.37. The first-order valence-electron chi connectivity index (χ1n) is 5.94. The Balaban J connectivity index is 1.89. The molecule has 2 aliphatic carbocycles. The number of rotatable bonds is 1. The molecule has 0 unspecified atom stereocenters. The van der Waals surface area contributed by atoms with Crippen molar-refractivity contribution in [2.75, 3.05) is 0 Å². The number of aliphatic carboxylic acids is 1. The third-order valence-corrected chi connectivity index (χ3v) is 3.82. The third kappa shape index (κ3) is 1.68. The van der Waals surface area contributed by atoms with Gasteiger partial charge in [-0.25, -0.2) is 4.39 Å². The molecule has 0 aromatic carbocycles. The van der Waals surface area contributed by atoms with Crippen LogP contribution in [0.1, 0.15) is 25.7 Å². The van der Waals surface area contributed by atoms with Gasteiger partial charge in [0.05, 0.1) is 12.0 Å². The van der Waals surface area contributed by atoms with E-state index < -0.39 is 5.97 Å². The number of allylic oxidation sites excluding steroid dienone is 3. The molecule has 2 atom stereocenters. The van der Waals surface area contributed by atoms with E-state index in [9.17, 15) is 9.18 Å². The van der Waals surface area contributed by atoms with E-state index in [1.807, 2.05) is 0 Å². The van der Waals surface area contributed by atoms with Crippen molar-refractivity contribution in [3.05, 3.63) is 34.8 Å². The van der Waals surface area contributed by atoms with Gasteiger partial charge in [0.1, 0.15) is 5.83 Å². The summed E-state index contributed by atoms with van der Waals surface area (Å²) in [6.45, 7) is 0. The molecule has 0 saturated heterocycles. The van der Waals surface area contributed by atoms with Crippen molar-refractivity contribution in [1.29, 1.82) is 0 Å². The third-order valence-electron chi connectivity index (χ3n) is 3.82. The maximum Gasteiger partial charge on any atom is 0.306 e. The van der Waals surface area contributed by atoms with E-state index in [1.165, 1.54) is 0 Å². The van der Waals surface area contributed by atoms with Crippen molar-refractivity contribution in [3.8, 4) is 0 Å². The number of halogens is 1. The van der Waals surface area contributed by atoms with E-state index in [0.717, 1.165) is 23.3 Å². The quantitative estimate of drug-likeness (QED) is 0.733. The maximum absolute atomic E-state index is 13.2. The smallest absolute Gasteiger partial charge is 0.306 e. The molecule has 3 rings (SSSR count). The Morgan fingerprint density at radius 1 is 1.53 bits per heavy atom. The Morgan fingerprint density at radius 2 is 2.35 bits per heavy atom. The molecule has 1 heterocycles. The minimum absolute atomic E-state index is 0.159. The molecule has 3 aliphatic rings. The number of hydrogen-bond acceptors (Lipinski definition) is 2. The molecule has 17 heavy (non-hydrogen) atoms. The predicted molar refractivity (Wildman–Crippen MR) is 60.8 cm³/mol. The molecule has 0 bridgehead atoms. The number of carboxylic acid groups (broad SMARTS) is 1. The summed E-state index contributed by atoms with van der Waals surface area (Å²) in [5.41, 5.74) is 3.20. The molecule has 4 heteroatoms. The van der Waals surface area contributed by atoms with E-state index in [1.54, 1.807) is 12.2 Å². The molecule has 3 nitrogen and oxygen atoms in total. The van der Waals surface area contributed by atoms with Crippen LogP contribution < -0.4 is 5.32 Å². The molecule has 0 amide bonds. The fraction of sp³-hybridized carbons (Fsp3) is 0.462. The molecular weight excluding hydrogens is 221 g/mol. The summed E-state index contributed by atoms with van der Waals surface area (Å²) < 4.78 is 13.2. The molecule has 90 valence electrons. The standard InChI is InChI=1S/C13H14FNO2/c14-8-2-4-11-10(6-8)9-3-1-7(13(16)17)5-12(9)15-11/h2,6-7,11,15H,1,3-5H2,(H,16,17)/t7-,11+/m1/s1. The molecule has 0 radical (unpaired) electrons. The minimum Gasteiger partial charge on any atom is -0.481 e. The van der Waals surface area contributed by atoms with Gasteiger partial charge in [-0.1, -0.05) is 0 Å². The van der Waals surface area contributed by atoms with Crippen LogP contribution in [0.25, 0.3) is 0 Å². The van der Waals surface area contributed by atoms with Crippen LogP contribution in [0.5, 0.6) is 0 Å². The average molecular weight is 235 g/mol. The highest BCUT2D eigenvalue weighted by molar-refractivity contribution is 5.71. The lowest BCUT2D eigenvalue weighted by Gasteiger charge is -2.20. The summed E-state index contributed by atoms with van der Waals surface area (Å²) in [5, 5.41) is 12.4. The van der Waals surface area contributed by atoms with Gasteiger partial charge in [0.15, 0.2) is 0 Å². The number of hydrogen-bond donors (Lipinski definition) is 2. The summed E-state index contributed by atoms with van der Waals surface area (Å²) >= 11 is 0. The maximum atomic E-state index is 13.2. The van der Waals surface area contributed by atoms with Crippen molar-refractivity contribution in [2.45, 2.75) is 31.7 Å². The Morgan fingerprint density at radius 3 is 3.12 bits per heavy atom. The van der Waals surface area contributed by atoms with Crippen molar-refractivity contribution in [2.24, 2.45) is 5.92 Å². The van der Waals surface area contributed by atoms with E-state index >= 15 is 0 Å². The van der Waals surface area contributed by atoms with Crippen LogP contribution in [0.15, 0.2) is 34.8 Å². The van der Waals surface area contributed by atoms with Gasteiger partial charge < -0.3 is 10.4 Å². The molecule has 0 saturated carbocycles. The second kappa shape index (κ2) is 3.72. The van der Waals surface area contributed by atoms with E-state index in [2.05, 4.69) is 5.32 Å². The summed E-state index contributed by atoms with van der Waals surface area (Å²) in [6.07, 6.45) is 5.78. The van der Waals surface area contributed by atoms with Gasteiger partial charge in [-0.15, -0.1) is 0 Å². The van der Waals surface area contributed by atoms with E-state index in [4.69, 9.17) is 5.11 Å². The second-order valence-corrected chi connectivity index (χ2v) is 4.86. The molecular formula is C13H14FNO2.